The van der Waals surface area contributed by atoms with Crippen molar-refractivity contribution in [3.05, 3.63) is 52.9 Å². The molecule has 2 aliphatic rings. The highest BCUT2D eigenvalue weighted by Gasteiger charge is 2.26. The Morgan fingerprint density at radius 2 is 2.00 bits per heavy atom. The molecule has 1 saturated carbocycles. The third-order valence-corrected chi connectivity index (χ3v) is 6.87. The summed E-state index contributed by atoms with van der Waals surface area (Å²) in [6.45, 7) is 1.93. The van der Waals surface area contributed by atoms with Crippen LogP contribution in [0.25, 0.3) is 11.1 Å². The number of nitrogens with one attached hydrogen (secondary N) is 1. The van der Waals surface area contributed by atoms with Crippen molar-refractivity contribution in [2.75, 3.05) is 20.2 Å². The molecule has 2 heterocycles. The normalized spacial score (nSPS) is 22.1. The molecule has 0 unspecified atom stereocenters. The molecule has 1 aliphatic heterocycles. The van der Waals surface area contributed by atoms with Crippen LogP contribution in [0.2, 0.25) is 5.02 Å². The fraction of sp³-hybridized carbons (Fsp3) is 0.480. The Bertz CT molecular complexity index is 1040. The number of rotatable bonds is 6. The summed E-state index contributed by atoms with van der Waals surface area (Å²) >= 11 is 6.25. The van der Waals surface area contributed by atoms with Gasteiger partial charge in [-0.2, -0.15) is 0 Å². The number of fused-ring (bicyclic) bond motifs is 1. The van der Waals surface area contributed by atoms with Gasteiger partial charge in [-0.1, -0.05) is 23.7 Å². The van der Waals surface area contributed by atoms with Crippen molar-refractivity contribution in [3.8, 4) is 11.5 Å². The highest BCUT2D eigenvalue weighted by Crippen LogP contribution is 2.37. The molecule has 0 amide bonds. The minimum absolute atomic E-state index is 0.312. The Morgan fingerprint density at radius 3 is 2.81 bits per heavy atom. The number of methoxy groups -OCH3 is 1. The number of para-hydroxylation sites is 1. The van der Waals surface area contributed by atoms with E-state index in [2.05, 4.69) is 22.4 Å². The van der Waals surface area contributed by atoms with Crippen LogP contribution in [0, 0.1) is 5.92 Å². The van der Waals surface area contributed by atoms with E-state index < -0.39 is 0 Å². The van der Waals surface area contributed by atoms with Gasteiger partial charge in [-0.3, -0.25) is 0 Å². The third kappa shape index (κ3) is 4.53. The van der Waals surface area contributed by atoms with E-state index in [1.54, 1.807) is 7.11 Å². The van der Waals surface area contributed by atoms with E-state index in [4.69, 9.17) is 25.5 Å². The average molecular weight is 441 g/mol. The monoisotopic (exact) mass is 440 g/mol. The summed E-state index contributed by atoms with van der Waals surface area (Å²) in [6, 6.07) is 12.1. The topological polar surface area (TPSA) is 56.5 Å². The fourth-order valence-electron chi connectivity index (χ4n) is 4.96. The first kappa shape index (κ1) is 20.7. The number of piperidine rings is 1. The molecule has 2 fully saturated rings. The largest absolute Gasteiger partial charge is 0.493 e. The Labute approximate surface area is 188 Å². The van der Waals surface area contributed by atoms with Crippen LogP contribution in [0.3, 0.4) is 0 Å². The van der Waals surface area contributed by atoms with Gasteiger partial charge in [-0.15, -0.1) is 0 Å². The van der Waals surface area contributed by atoms with Crippen LogP contribution in [-0.2, 0) is 6.42 Å². The summed E-state index contributed by atoms with van der Waals surface area (Å²) in [5, 5.41) is 4.22. The summed E-state index contributed by atoms with van der Waals surface area (Å²) in [5.74, 6) is 3.33. The van der Waals surface area contributed by atoms with Gasteiger partial charge in [0.15, 0.2) is 23.0 Å². The van der Waals surface area contributed by atoms with E-state index in [9.17, 15) is 0 Å². The molecule has 2 aromatic carbocycles. The Hall–Kier alpha value is -2.24. The second kappa shape index (κ2) is 9.09. The molecule has 0 spiro atoms. The van der Waals surface area contributed by atoms with Crippen LogP contribution in [0.15, 0.2) is 40.8 Å². The Balaban J connectivity index is 1.30. The molecule has 1 aliphatic carbocycles. The molecule has 1 saturated heterocycles. The first-order valence-electron chi connectivity index (χ1n) is 11.3. The van der Waals surface area contributed by atoms with Crippen molar-refractivity contribution in [3.63, 3.8) is 0 Å². The lowest BCUT2D eigenvalue weighted by atomic mass is 9.84. The fourth-order valence-corrected chi connectivity index (χ4v) is 5.17. The third-order valence-electron chi connectivity index (χ3n) is 6.57. The quantitative estimate of drug-likeness (QED) is 0.529. The van der Waals surface area contributed by atoms with Crippen LogP contribution in [-0.4, -0.2) is 31.3 Å². The maximum absolute atomic E-state index is 6.31. The van der Waals surface area contributed by atoms with E-state index in [0.717, 1.165) is 61.7 Å². The SMILES string of the molecule is COc1ccc([C@H]2CNC[C@@H](Cc3nc4cccc(Cl)c4o3)C2)cc1OC1CCCC1. The van der Waals surface area contributed by atoms with E-state index in [0.29, 0.717) is 28.5 Å². The summed E-state index contributed by atoms with van der Waals surface area (Å²) < 4.78 is 17.8. The van der Waals surface area contributed by atoms with Gasteiger partial charge in [0, 0.05) is 13.0 Å². The highest BCUT2D eigenvalue weighted by atomic mass is 35.5. The van der Waals surface area contributed by atoms with Gasteiger partial charge in [-0.25, -0.2) is 4.98 Å². The van der Waals surface area contributed by atoms with Crippen molar-refractivity contribution in [1.29, 1.82) is 0 Å². The van der Waals surface area contributed by atoms with Crippen molar-refractivity contribution in [1.82, 2.24) is 10.3 Å². The molecule has 3 aromatic rings. The number of ether oxygens (including phenoxy) is 2. The molecule has 0 bridgehead atoms. The average Bonchev–Trinajstić information content (AvgIpc) is 3.44. The smallest absolute Gasteiger partial charge is 0.195 e. The second-order valence-electron chi connectivity index (χ2n) is 8.79. The summed E-state index contributed by atoms with van der Waals surface area (Å²) in [4.78, 5) is 4.64. The predicted octanol–water partition coefficient (Wildman–Crippen LogP) is 5.75. The predicted molar refractivity (Wildman–Crippen MR) is 122 cm³/mol. The van der Waals surface area contributed by atoms with Gasteiger partial charge in [0.25, 0.3) is 0 Å². The van der Waals surface area contributed by atoms with Crippen molar-refractivity contribution >= 4 is 22.7 Å². The zero-order chi connectivity index (χ0) is 21.2. The van der Waals surface area contributed by atoms with E-state index in [1.165, 1.54) is 18.4 Å². The van der Waals surface area contributed by atoms with Gasteiger partial charge in [0.05, 0.1) is 18.2 Å². The van der Waals surface area contributed by atoms with Gasteiger partial charge in [0.1, 0.15) is 5.52 Å². The molecule has 2 atom stereocenters. The highest BCUT2D eigenvalue weighted by molar-refractivity contribution is 6.34. The standard InChI is InChI=1S/C25H29ClN2O3/c1-29-22-10-9-17(13-23(22)30-19-5-2-3-6-19)18-11-16(14-27-15-18)12-24-28-21-8-4-7-20(26)25(21)31-24/h4,7-10,13,16,18-19,27H,2-3,5-6,11-12,14-15H2,1H3/t16-,18-/m1/s1. The first-order chi connectivity index (χ1) is 15.2. The maximum Gasteiger partial charge on any atom is 0.195 e. The van der Waals surface area contributed by atoms with Gasteiger partial charge >= 0.3 is 0 Å². The Kier molecular flexibility index (Phi) is 6.06. The molecule has 1 aromatic heterocycles. The molecule has 0 radical (unpaired) electrons. The van der Waals surface area contributed by atoms with Crippen LogP contribution in [0.1, 0.15) is 49.5 Å². The summed E-state index contributed by atoms with van der Waals surface area (Å²) in [6.07, 6.45) is 6.96. The van der Waals surface area contributed by atoms with E-state index >= 15 is 0 Å². The van der Waals surface area contributed by atoms with Crippen molar-refractivity contribution in [2.24, 2.45) is 5.92 Å². The van der Waals surface area contributed by atoms with Crippen LogP contribution in [0.5, 0.6) is 11.5 Å². The number of oxazole rings is 1. The number of halogens is 1. The van der Waals surface area contributed by atoms with Gasteiger partial charge in [-0.05, 0) is 80.3 Å². The number of nitrogens with zero attached hydrogens (tertiary/aromatic N) is 1. The molecule has 164 valence electrons. The molecule has 5 nitrogen and oxygen atoms in total. The van der Waals surface area contributed by atoms with Crippen molar-refractivity contribution in [2.45, 2.75) is 50.5 Å². The zero-order valence-electron chi connectivity index (χ0n) is 17.9. The lowest BCUT2D eigenvalue weighted by molar-refractivity contribution is 0.200. The maximum atomic E-state index is 6.31. The lowest BCUT2D eigenvalue weighted by Crippen LogP contribution is -2.36. The number of hydrogen-bond donors (Lipinski definition) is 1. The minimum atomic E-state index is 0.312. The summed E-state index contributed by atoms with van der Waals surface area (Å²) in [7, 11) is 1.71. The zero-order valence-corrected chi connectivity index (χ0v) is 18.7. The molecule has 1 N–H and O–H groups in total. The van der Waals surface area contributed by atoms with Crippen LogP contribution >= 0.6 is 11.6 Å². The molecule has 5 rings (SSSR count). The van der Waals surface area contributed by atoms with Crippen LogP contribution < -0.4 is 14.8 Å². The lowest BCUT2D eigenvalue weighted by Gasteiger charge is -2.30. The van der Waals surface area contributed by atoms with Crippen LogP contribution in [0.4, 0.5) is 0 Å². The number of benzene rings is 2. The Morgan fingerprint density at radius 1 is 1.13 bits per heavy atom. The number of hydrogen-bond acceptors (Lipinski definition) is 5. The molecule has 6 heteroatoms. The van der Waals surface area contributed by atoms with E-state index in [-0.39, 0.29) is 0 Å². The van der Waals surface area contributed by atoms with Crippen molar-refractivity contribution < 1.29 is 13.9 Å². The molecular weight excluding hydrogens is 412 g/mol. The summed E-state index contributed by atoms with van der Waals surface area (Å²) in [5.41, 5.74) is 2.81. The minimum Gasteiger partial charge on any atom is -0.493 e. The second-order valence-corrected chi connectivity index (χ2v) is 9.20. The van der Waals surface area contributed by atoms with Gasteiger partial charge < -0.3 is 19.2 Å². The molecular formula is C25H29ClN2O3. The van der Waals surface area contributed by atoms with E-state index in [1.807, 2.05) is 24.3 Å². The van der Waals surface area contributed by atoms with Gasteiger partial charge in [0.2, 0.25) is 0 Å². The first-order valence-corrected chi connectivity index (χ1v) is 11.7. The molecule has 31 heavy (non-hydrogen) atoms. The number of aromatic nitrogens is 1.